The second-order valence-electron chi connectivity index (χ2n) is 8.92. The SMILES string of the molecule is CCOC(=O)c1ccc(NC(=O)N2Cc3[nH]cnc3C[C@H]2c2nc(-c3ccc4ccccc4c3)no2)cc1. The molecule has 0 spiro atoms. The largest absolute Gasteiger partial charge is 0.462 e. The standard InChI is InChI=1S/C28H24N6O4/c1-2-37-27(35)18-9-11-21(12-10-18)31-28(36)34-15-23-22(29-16-30-23)14-24(34)26-32-25(33-38-26)20-8-7-17-5-3-4-6-19(17)13-20/h3-13,16,24H,2,14-15H2,1H3,(H,29,30)(H,31,36)/t24-/m0/s1. The molecule has 2 aromatic heterocycles. The van der Waals surface area contributed by atoms with Crippen LogP contribution < -0.4 is 5.32 Å². The van der Waals surface area contributed by atoms with E-state index in [1.807, 2.05) is 42.5 Å². The fourth-order valence-corrected chi connectivity index (χ4v) is 4.59. The lowest BCUT2D eigenvalue weighted by atomic mass is 10.0. The average Bonchev–Trinajstić information content (AvgIpc) is 3.62. The van der Waals surface area contributed by atoms with Gasteiger partial charge >= 0.3 is 12.0 Å². The van der Waals surface area contributed by atoms with Gasteiger partial charge in [0.05, 0.1) is 36.4 Å². The third-order valence-corrected chi connectivity index (χ3v) is 6.54. The molecule has 38 heavy (non-hydrogen) atoms. The molecule has 1 aliphatic rings. The van der Waals surface area contributed by atoms with Crippen LogP contribution in [-0.2, 0) is 17.7 Å². The van der Waals surface area contributed by atoms with Gasteiger partial charge in [-0.05, 0) is 48.0 Å². The van der Waals surface area contributed by atoms with Gasteiger partial charge in [0, 0.05) is 17.7 Å². The molecule has 0 unspecified atom stereocenters. The Morgan fingerprint density at radius 1 is 1.11 bits per heavy atom. The van der Waals surface area contributed by atoms with Gasteiger partial charge in [-0.1, -0.05) is 41.6 Å². The van der Waals surface area contributed by atoms with E-state index in [0.29, 0.717) is 42.5 Å². The van der Waals surface area contributed by atoms with E-state index in [1.54, 1.807) is 42.4 Å². The first-order valence-electron chi connectivity index (χ1n) is 12.3. The van der Waals surface area contributed by atoms with Crippen LogP contribution in [0, 0.1) is 0 Å². The highest BCUT2D eigenvalue weighted by Crippen LogP contribution is 2.33. The van der Waals surface area contributed by atoms with Gasteiger partial charge in [-0.25, -0.2) is 14.6 Å². The first kappa shape index (κ1) is 23.4. The van der Waals surface area contributed by atoms with Crippen molar-refractivity contribution in [3.8, 4) is 11.4 Å². The van der Waals surface area contributed by atoms with E-state index in [9.17, 15) is 9.59 Å². The van der Waals surface area contributed by atoms with E-state index in [2.05, 4.69) is 25.4 Å². The van der Waals surface area contributed by atoms with E-state index in [0.717, 1.165) is 27.7 Å². The summed E-state index contributed by atoms with van der Waals surface area (Å²) in [5.41, 5.74) is 3.48. The average molecular weight is 509 g/mol. The van der Waals surface area contributed by atoms with Crippen molar-refractivity contribution in [2.45, 2.75) is 25.9 Å². The second-order valence-corrected chi connectivity index (χ2v) is 8.92. The van der Waals surface area contributed by atoms with Crippen molar-refractivity contribution in [1.29, 1.82) is 0 Å². The molecule has 2 amide bonds. The Bertz CT molecular complexity index is 1620. The Hall–Kier alpha value is -4.99. The van der Waals surface area contributed by atoms with Crippen LogP contribution in [0.2, 0.25) is 0 Å². The number of anilines is 1. The minimum Gasteiger partial charge on any atom is -0.462 e. The molecule has 0 aliphatic carbocycles. The number of imidazole rings is 1. The molecule has 3 aromatic carbocycles. The third kappa shape index (κ3) is 4.47. The number of nitrogens with zero attached hydrogens (tertiary/aromatic N) is 4. The Kier molecular flexibility index (Phi) is 6.04. The molecule has 0 radical (unpaired) electrons. The summed E-state index contributed by atoms with van der Waals surface area (Å²) < 4.78 is 10.7. The lowest BCUT2D eigenvalue weighted by Gasteiger charge is -2.32. The summed E-state index contributed by atoms with van der Waals surface area (Å²) >= 11 is 0. The number of benzene rings is 3. The number of aromatic nitrogens is 4. The van der Waals surface area contributed by atoms with Gasteiger partial charge < -0.3 is 24.5 Å². The highest BCUT2D eigenvalue weighted by atomic mass is 16.5. The monoisotopic (exact) mass is 508 g/mol. The van der Waals surface area contributed by atoms with Gasteiger partial charge in [0.2, 0.25) is 11.7 Å². The molecule has 0 fully saturated rings. The Morgan fingerprint density at radius 2 is 1.92 bits per heavy atom. The number of rotatable bonds is 5. The molecule has 6 rings (SSSR count). The Morgan fingerprint density at radius 3 is 2.74 bits per heavy atom. The predicted molar refractivity (Wildman–Crippen MR) is 139 cm³/mol. The maximum Gasteiger partial charge on any atom is 0.338 e. The molecular formula is C28H24N6O4. The van der Waals surface area contributed by atoms with Crippen LogP contribution in [0.4, 0.5) is 10.5 Å². The molecule has 1 aliphatic heterocycles. The molecule has 0 saturated heterocycles. The van der Waals surface area contributed by atoms with Crippen molar-refractivity contribution >= 4 is 28.5 Å². The van der Waals surface area contributed by atoms with Crippen molar-refractivity contribution < 1.29 is 18.8 Å². The van der Waals surface area contributed by atoms with Crippen molar-refractivity contribution in [3.63, 3.8) is 0 Å². The number of fused-ring (bicyclic) bond motifs is 2. The van der Waals surface area contributed by atoms with Crippen molar-refractivity contribution in [3.05, 3.63) is 95.9 Å². The molecule has 1 atom stereocenters. The molecule has 0 saturated carbocycles. The van der Waals surface area contributed by atoms with Gasteiger partial charge in [0.15, 0.2) is 0 Å². The van der Waals surface area contributed by atoms with Crippen LogP contribution in [0.15, 0.2) is 77.6 Å². The minimum absolute atomic E-state index is 0.292. The Balaban J connectivity index is 1.26. The fourth-order valence-electron chi connectivity index (χ4n) is 4.59. The highest BCUT2D eigenvalue weighted by Gasteiger charge is 2.36. The molecule has 2 N–H and O–H groups in total. The number of urea groups is 1. The van der Waals surface area contributed by atoms with Crippen molar-refractivity contribution in [1.82, 2.24) is 25.0 Å². The normalized spacial score (nSPS) is 14.8. The first-order valence-corrected chi connectivity index (χ1v) is 12.3. The molecule has 190 valence electrons. The van der Waals surface area contributed by atoms with Crippen LogP contribution in [0.5, 0.6) is 0 Å². The summed E-state index contributed by atoms with van der Waals surface area (Å²) in [6, 6.07) is 19.7. The molecule has 10 heteroatoms. The molecule has 0 bridgehead atoms. The number of aromatic amines is 1. The number of carbonyl (C=O) groups excluding carboxylic acids is 2. The van der Waals surface area contributed by atoms with Gasteiger partial charge in [-0.2, -0.15) is 4.98 Å². The number of nitrogens with one attached hydrogen (secondary N) is 2. The van der Waals surface area contributed by atoms with Gasteiger partial charge in [0.1, 0.15) is 6.04 Å². The summed E-state index contributed by atoms with van der Waals surface area (Å²) in [7, 11) is 0. The van der Waals surface area contributed by atoms with Crippen molar-refractivity contribution in [2.75, 3.05) is 11.9 Å². The molecule has 10 nitrogen and oxygen atoms in total. The summed E-state index contributed by atoms with van der Waals surface area (Å²) in [6.07, 6.45) is 2.04. The van der Waals surface area contributed by atoms with Crippen LogP contribution >= 0.6 is 0 Å². The van der Waals surface area contributed by atoms with E-state index < -0.39 is 12.0 Å². The number of H-pyrrole nitrogens is 1. The van der Waals surface area contributed by atoms with Crippen LogP contribution in [-0.4, -0.2) is 43.6 Å². The third-order valence-electron chi connectivity index (χ3n) is 6.54. The van der Waals surface area contributed by atoms with Gasteiger partial charge in [0.25, 0.3) is 0 Å². The number of ether oxygens (including phenoxy) is 1. The molecule has 3 heterocycles. The van der Waals surface area contributed by atoms with Gasteiger partial charge in [-0.3, -0.25) is 0 Å². The number of esters is 1. The number of carbonyl (C=O) groups is 2. The maximum absolute atomic E-state index is 13.4. The second kappa shape index (κ2) is 9.81. The quantitative estimate of drug-likeness (QED) is 0.316. The molecular weight excluding hydrogens is 484 g/mol. The van der Waals surface area contributed by atoms with Crippen molar-refractivity contribution in [2.24, 2.45) is 0 Å². The Labute approximate surface area is 217 Å². The zero-order valence-electron chi connectivity index (χ0n) is 20.5. The number of hydrogen-bond acceptors (Lipinski definition) is 7. The maximum atomic E-state index is 13.4. The van der Waals surface area contributed by atoms with Crippen LogP contribution in [0.1, 0.15) is 40.6 Å². The van der Waals surface area contributed by atoms with Gasteiger partial charge in [-0.15, -0.1) is 0 Å². The zero-order valence-corrected chi connectivity index (χ0v) is 20.5. The summed E-state index contributed by atoms with van der Waals surface area (Å²) in [6.45, 7) is 2.34. The van der Waals surface area contributed by atoms with E-state index in [4.69, 9.17) is 9.26 Å². The highest BCUT2D eigenvalue weighted by molar-refractivity contribution is 5.92. The topological polar surface area (TPSA) is 126 Å². The summed E-state index contributed by atoms with van der Waals surface area (Å²) in [4.78, 5) is 39.2. The number of amides is 2. The first-order chi connectivity index (χ1) is 18.6. The smallest absolute Gasteiger partial charge is 0.338 e. The lowest BCUT2D eigenvalue weighted by molar-refractivity contribution is 0.0526. The zero-order chi connectivity index (χ0) is 26.1. The summed E-state index contributed by atoms with van der Waals surface area (Å²) in [5, 5.41) is 9.31. The number of hydrogen-bond donors (Lipinski definition) is 2. The van der Waals surface area contributed by atoms with Crippen LogP contribution in [0.25, 0.3) is 22.2 Å². The van der Waals surface area contributed by atoms with E-state index in [-0.39, 0.29) is 6.03 Å². The lowest BCUT2D eigenvalue weighted by Crippen LogP contribution is -2.41. The molecule has 5 aromatic rings. The summed E-state index contributed by atoms with van der Waals surface area (Å²) in [5.74, 6) is 0.370. The van der Waals surface area contributed by atoms with E-state index >= 15 is 0 Å². The fraction of sp³-hybridized carbons (Fsp3) is 0.179. The minimum atomic E-state index is -0.508. The predicted octanol–water partition coefficient (Wildman–Crippen LogP) is 5.12. The van der Waals surface area contributed by atoms with Crippen LogP contribution in [0.3, 0.4) is 0 Å². The van der Waals surface area contributed by atoms with E-state index in [1.165, 1.54) is 0 Å².